The first kappa shape index (κ1) is 25.4. The summed E-state index contributed by atoms with van der Waals surface area (Å²) in [7, 11) is 0. The number of thiophene rings is 1. The SMILES string of the molecule is Cc1c(Cl)cccc1-n1c(SCC(=O)Nc2ccc(F)c([N+](=O)[O-])c2)nc2sc3c(c2c1=O)CCCC3. The van der Waals surface area contributed by atoms with E-state index in [-0.39, 0.29) is 17.0 Å². The van der Waals surface area contributed by atoms with Gasteiger partial charge in [0, 0.05) is 21.7 Å². The van der Waals surface area contributed by atoms with Gasteiger partial charge in [0.25, 0.3) is 5.56 Å². The summed E-state index contributed by atoms with van der Waals surface area (Å²) in [5, 5.41) is 15.0. The van der Waals surface area contributed by atoms with Crippen molar-refractivity contribution in [1.29, 1.82) is 0 Å². The van der Waals surface area contributed by atoms with Crippen LogP contribution >= 0.6 is 34.7 Å². The van der Waals surface area contributed by atoms with Crippen LogP contribution in [-0.4, -0.2) is 26.1 Å². The molecule has 0 saturated heterocycles. The zero-order valence-corrected chi connectivity index (χ0v) is 21.9. The Morgan fingerprint density at radius 2 is 2.08 bits per heavy atom. The quantitative estimate of drug-likeness (QED) is 0.133. The van der Waals surface area contributed by atoms with E-state index in [1.54, 1.807) is 18.2 Å². The summed E-state index contributed by atoms with van der Waals surface area (Å²) in [4.78, 5) is 43.4. The number of nitro benzene ring substituents is 1. The van der Waals surface area contributed by atoms with Gasteiger partial charge in [-0.15, -0.1) is 11.3 Å². The molecule has 190 valence electrons. The van der Waals surface area contributed by atoms with E-state index in [9.17, 15) is 24.1 Å². The number of nitro groups is 1. The summed E-state index contributed by atoms with van der Waals surface area (Å²) in [6, 6.07) is 8.42. The number of thioether (sulfide) groups is 1. The van der Waals surface area contributed by atoms with Crippen LogP contribution in [0.3, 0.4) is 0 Å². The van der Waals surface area contributed by atoms with Gasteiger partial charge in [0.15, 0.2) is 5.16 Å². The van der Waals surface area contributed by atoms with Gasteiger partial charge >= 0.3 is 5.69 Å². The molecule has 12 heteroatoms. The summed E-state index contributed by atoms with van der Waals surface area (Å²) in [6.07, 6.45) is 3.84. The molecule has 8 nitrogen and oxygen atoms in total. The van der Waals surface area contributed by atoms with E-state index >= 15 is 0 Å². The maximum Gasteiger partial charge on any atom is 0.306 e. The zero-order valence-electron chi connectivity index (χ0n) is 19.5. The van der Waals surface area contributed by atoms with Crippen molar-refractivity contribution in [3.8, 4) is 5.69 Å². The molecule has 5 rings (SSSR count). The Morgan fingerprint density at radius 3 is 2.86 bits per heavy atom. The average molecular weight is 559 g/mol. The van der Waals surface area contributed by atoms with E-state index in [0.29, 0.717) is 31.6 Å². The van der Waals surface area contributed by atoms with Crippen molar-refractivity contribution in [3.63, 3.8) is 0 Å². The molecule has 1 aliphatic rings. The van der Waals surface area contributed by atoms with Crippen LogP contribution in [0.5, 0.6) is 0 Å². The van der Waals surface area contributed by atoms with E-state index in [1.807, 2.05) is 6.92 Å². The van der Waals surface area contributed by atoms with Crippen LogP contribution in [0.2, 0.25) is 5.02 Å². The Morgan fingerprint density at radius 1 is 1.30 bits per heavy atom. The summed E-state index contributed by atoms with van der Waals surface area (Å²) in [5.74, 6) is -1.61. The van der Waals surface area contributed by atoms with Gasteiger partial charge in [-0.1, -0.05) is 29.4 Å². The predicted molar refractivity (Wildman–Crippen MR) is 144 cm³/mol. The van der Waals surface area contributed by atoms with Crippen molar-refractivity contribution in [3.05, 3.63) is 83.7 Å². The minimum atomic E-state index is -0.991. The standard InChI is InChI=1S/C25H20ClFN4O4S2/c1-13-16(26)6-4-7-18(13)30-24(33)22-15-5-2-3-8-20(15)37-23(22)29-25(30)36-12-21(32)28-14-9-10-17(27)19(11-14)31(34)35/h4,6-7,9-11H,2-3,5,8,12H2,1H3,(H,28,32). The summed E-state index contributed by atoms with van der Waals surface area (Å²) >= 11 is 8.95. The number of hydrogen-bond donors (Lipinski definition) is 1. The van der Waals surface area contributed by atoms with Gasteiger partial charge in [-0.2, -0.15) is 4.39 Å². The van der Waals surface area contributed by atoms with Crippen molar-refractivity contribution < 1.29 is 14.1 Å². The van der Waals surface area contributed by atoms with Crippen LogP contribution in [0.4, 0.5) is 15.8 Å². The number of amides is 1. The van der Waals surface area contributed by atoms with Crippen LogP contribution in [0.15, 0.2) is 46.3 Å². The van der Waals surface area contributed by atoms with E-state index < -0.39 is 22.3 Å². The summed E-state index contributed by atoms with van der Waals surface area (Å²) in [5.41, 5.74) is 1.51. The van der Waals surface area contributed by atoms with Gasteiger partial charge in [0.2, 0.25) is 11.7 Å². The molecule has 1 amide bonds. The first-order valence-electron chi connectivity index (χ1n) is 11.4. The molecule has 0 radical (unpaired) electrons. The number of carbonyl (C=O) groups is 1. The third kappa shape index (κ3) is 4.86. The molecule has 0 bridgehead atoms. The number of aryl methyl sites for hydroxylation is 2. The lowest BCUT2D eigenvalue weighted by atomic mass is 9.97. The Bertz CT molecular complexity index is 1640. The molecule has 0 aliphatic heterocycles. The minimum Gasteiger partial charge on any atom is -0.325 e. The number of nitrogens with one attached hydrogen (secondary N) is 1. The molecule has 0 atom stereocenters. The second-order valence-electron chi connectivity index (χ2n) is 8.57. The lowest BCUT2D eigenvalue weighted by molar-refractivity contribution is -0.387. The van der Waals surface area contributed by atoms with Crippen molar-refractivity contribution >= 4 is 62.2 Å². The predicted octanol–water partition coefficient (Wildman–Crippen LogP) is 6.07. The van der Waals surface area contributed by atoms with Gasteiger partial charge in [-0.3, -0.25) is 24.3 Å². The van der Waals surface area contributed by atoms with Crippen molar-refractivity contribution in [2.24, 2.45) is 0 Å². The molecule has 0 unspecified atom stereocenters. The van der Waals surface area contributed by atoms with E-state index in [2.05, 4.69) is 5.32 Å². The first-order valence-corrected chi connectivity index (χ1v) is 13.6. The molecule has 0 spiro atoms. The number of fused-ring (bicyclic) bond motifs is 3. The molecule has 37 heavy (non-hydrogen) atoms. The topological polar surface area (TPSA) is 107 Å². The minimum absolute atomic E-state index is 0.0936. The molecule has 4 aromatic rings. The van der Waals surface area contributed by atoms with Gasteiger partial charge in [-0.05, 0) is 68.0 Å². The number of anilines is 1. The second kappa shape index (κ2) is 10.2. The highest BCUT2D eigenvalue weighted by atomic mass is 35.5. The monoisotopic (exact) mass is 558 g/mol. The van der Waals surface area contributed by atoms with Crippen molar-refractivity contribution in [2.75, 3.05) is 11.1 Å². The van der Waals surface area contributed by atoms with Gasteiger partial charge < -0.3 is 5.32 Å². The molecule has 2 heterocycles. The summed E-state index contributed by atoms with van der Waals surface area (Å²) in [6.45, 7) is 1.82. The fourth-order valence-electron chi connectivity index (χ4n) is 4.39. The molecule has 0 saturated carbocycles. The number of aromatic nitrogens is 2. The molecule has 0 fully saturated rings. The zero-order chi connectivity index (χ0) is 26.3. The first-order chi connectivity index (χ1) is 17.7. The van der Waals surface area contributed by atoms with Crippen LogP contribution < -0.4 is 10.9 Å². The third-order valence-corrected chi connectivity index (χ3v) is 8.73. The fraction of sp³-hybridized carbons (Fsp3) is 0.240. The fourth-order valence-corrected chi connectivity index (χ4v) is 6.67. The Labute approximate surface area is 223 Å². The number of carbonyl (C=O) groups excluding carboxylic acids is 1. The van der Waals surface area contributed by atoms with Crippen molar-refractivity contribution in [1.82, 2.24) is 9.55 Å². The van der Waals surface area contributed by atoms with Crippen LogP contribution in [-0.2, 0) is 17.6 Å². The smallest absolute Gasteiger partial charge is 0.306 e. The molecule has 1 N–H and O–H groups in total. The third-order valence-electron chi connectivity index (χ3n) is 6.20. The van der Waals surface area contributed by atoms with Crippen LogP contribution in [0, 0.1) is 22.9 Å². The van der Waals surface area contributed by atoms with Gasteiger partial charge in [0.1, 0.15) is 4.83 Å². The number of hydrogen-bond acceptors (Lipinski definition) is 7. The summed E-state index contributed by atoms with van der Waals surface area (Å²) < 4.78 is 15.1. The van der Waals surface area contributed by atoms with Gasteiger partial charge in [-0.25, -0.2) is 4.98 Å². The van der Waals surface area contributed by atoms with Crippen molar-refractivity contribution in [2.45, 2.75) is 37.8 Å². The lowest BCUT2D eigenvalue weighted by Crippen LogP contribution is -2.24. The van der Waals surface area contributed by atoms with Crippen LogP contribution in [0.1, 0.15) is 28.8 Å². The maximum absolute atomic E-state index is 13.9. The average Bonchev–Trinajstić information content (AvgIpc) is 3.24. The molecular formula is C25H20ClFN4O4S2. The maximum atomic E-state index is 13.9. The Hall–Kier alpha value is -3.28. The largest absolute Gasteiger partial charge is 0.325 e. The highest BCUT2D eigenvalue weighted by Gasteiger charge is 2.24. The Kier molecular flexibility index (Phi) is 7.02. The normalized spacial score (nSPS) is 12.9. The number of nitrogens with zero attached hydrogens (tertiary/aromatic N) is 3. The molecule has 2 aromatic heterocycles. The van der Waals surface area contributed by atoms with E-state index in [0.717, 1.165) is 55.1 Å². The second-order valence-corrected chi connectivity index (χ2v) is 11.0. The molecule has 2 aromatic carbocycles. The van der Waals surface area contributed by atoms with Crippen LogP contribution in [0.25, 0.3) is 15.9 Å². The molecule has 1 aliphatic carbocycles. The highest BCUT2D eigenvalue weighted by Crippen LogP contribution is 2.36. The number of halogens is 2. The lowest BCUT2D eigenvalue weighted by Gasteiger charge is -2.16. The molecular weight excluding hydrogens is 539 g/mol. The number of benzene rings is 2. The van der Waals surface area contributed by atoms with Gasteiger partial charge in [0.05, 0.1) is 21.7 Å². The Balaban J connectivity index is 1.52. The van der Waals surface area contributed by atoms with E-state index in [1.165, 1.54) is 26.8 Å². The number of rotatable bonds is 6. The highest BCUT2D eigenvalue weighted by molar-refractivity contribution is 7.99. The van der Waals surface area contributed by atoms with E-state index in [4.69, 9.17) is 16.6 Å².